The van der Waals surface area contributed by atoms with Gasteiger partial charge in [0.25, 0.3) is 0 Å². The van der Waals surface area contributed by atoms with E-state index in [-0.39, 0.29) is 11.4 Å². The number of ketones is 1. The summed E-state index contributed by atoms with van der Waals surface area (Å²) in [4.78, 5) is 11.2. The van der Waals surface area contributed by atoms with Crippen LogP contribution in [0.25, 0.3) is 0 Å². The molecule has 2 nitrogen and oxygen atoms in total. The van der Waals surface area contributed by atoms with Crippen LogP contribution >= 0.6 is 7.14 Å². The smallest absolute Gasteiger partial charge is 0.130 e. The van der Waals surface area contributed by atoms with Crippen LogP contribution in [0.1, 0.15) is 24.6 Å². The zero-order valence-electron chi connectivity index (χ0n) is 9.43. The molecule has 0 spiro atoms. The van der Waals surface area contributed by atoms with Gasteiger partial charge in [-0.25, -0.2) is 0 Å². The van der Waals surface area contributed by atoms with E-state index in [4.69, 9.17) is 0 Å². The average Bonchev–Trinajstić information content (AvgIpc) is 2.14. The first-order valence-electron chi connectivity index (χ1n) is 5.00. The van der Waals surface area contributed by atoms with Crippen molar-refractivity contribution < 1.29 is 9.36 Å². The van der Waals surface area contributed by atoms with Gasteiger partial charge in [-0.15, -0.1) is 0 Å². The lowest BCUT2D eigenvalue weighted by Gasteiger charge is -2.20. The normalized spacial score (nSPS) is 13.5. The fourth-order valence-electron chi connectivity index (χ4n) is 1.64. The van der Waals surface area contributed by atoms with Crippen molar-refractivity contribution in [2.24, 2.45) is 0 Å². The quantitative estimate of drug-likeness (QED) is 0.735. The van der Waals surface area contributed by atoms with Gasteiger partial charge >= 0.3 is 0 Å². The Morgan fingerprint density at radius 2 is 1.80 bits per heavy atom. The molecule has 82 valence electrons. The summed E-state index contributed by atoms with van der Waals surface area (Å²) in [5.74, 6) is 0.0905. The maximum absolute atomic E-state index is 12.1. The summed E-state index contributed by atoms with van der Waals surface area (Å²) in [5, 5.41) is 0. The van der Waals surface area contributed by atoms with Gasteiger partial charge in [0.2, 0.25) is 0 Å². The summed E-state index contributed by atoms with van der Waals surface area (Å²) < 4.78 is 12.1. The molecule has 0 aromatic heterocycles. The summed E-state index contributed by atoms with van der Waals surface area (Å²) in [7, 11) is -2.27. The molecular weight excluding hydrogens is 207 g/mol. The van der Waals surface area contributed by atoms with Crippen molar-refractivity contribution in [3.8, 4) is 0 Å². The van der Waals surface area contributed by atoms with Gasteiger partial charge in [-0.2, -0.15) is 0 Å². The lowest BCUT2D eigenvalue weighted by atomic mass is 10.1. The summed E-state index contributed by atoms with van der Waals surface area (Å²) in [6.07, 6.45) is 0.369. The highest BCUT2D eigenvalue weighted by molar-refractivity contribution is 7.62. The molecule has 0 bridgehead atoms. The molecule has 3 heteroatoms. The molecule has 0 amide bonds. The lowest BCUT2D eigenvalue weighted by molar-refractivity contribution is -0.117. The van der Waals surface area contributed by atoms with E-state index in [1.54, 1.807) is 20.3 Å². The van der Waals surface area contributed by atoms with Gasteiger partial charge in [0.05, 0.1) is 7.14 Å². The highest BCUT2D eigenvalue weighted by atomic mass is 31.2. The van der Waals surface area contributed by atoms with E-state index in [0.717, 1.165) is 5.56 Å². The first-order valence-corrected chi connectivity index (χ1v) is 7.67. The molecular formula is C12H17O2P. The molecule has 1 atom stereocenters. The Hall–Kier alpha value is -0.880. The van der Waals surface area contributed by atoms with Gasteiger partial charge in [0.15, 0.2) is 0 Å². The fourth-order valence-corrected chi connectivity index (χ4v) is 3.23. The second-order valence-electron chi connectivity index (χ2n) is 4.27. The maximum atomic E-state index is 12.1. The number of rotatable bonds is 4. The molecule has 1 rings (SSSR count). The van der Waals surface area contributed by atoms with E-state index >= 15 is 0 Å². The lowest BCUT2D eigenvalue weighted by Crippen LogP contribution is -2.04. The van der Waals surface area contributed by atoms with E-state index in [1.165, 1.54) is 0 Å². The predicted molar refractivity (Wildman–Crippen MR) is 63.9 cm³/mol. The molecule has 0 aliphatic rings. The van der Waals surface area contributed by atoms with Gasteiger partial charge in [-0.3, -0.25) is 4.79 Å². The SMILES string of the molecule is CC(=O)CC(c1ccccc1)P(C)(C)=O. The molecule has 0 saturated carbocycles. The minimum atomic E-state index is -2.27. The van der Waals surface area contributed by atoms with E-state index in [0.29, 0.717) is 6.42 Å². The second kappa shape index (κ2) is 4.76. The number of hydrogen-bond acceptors (Lipinski definition) is 2. The molecule has 0 fully saturated rings. The standard InChI is InChI=1S/C12H17O2P/c1-10(13)9-12(15(2,3)14)11-7-5-4-6-8-11/h4-8,12H,9H2,1-3H3. The molecule has 1 aromatic rings. The van der Waals surface area contributed by atoms with E-state index in [9.17, 15) is 9.36 Å². The van der Waals surface area contributed by atoms with E-state index in [1.807, 2.05) is 30.3 Å². The molecule has 15 heavy (non-hydrogen) atoms. The van der Waals surface area contributed by atoms with E-state index < -0.39 is 7.14 Å². The number of benzene rings is 1. The van der Waals surface area contributed by atoms with Crippen LogP contribution in [0.3, 0.4) is 0 Å². The van der Waals surface area contributed by atoms with Gasteiger partial charge in [0, 0.05) is 12.1 Å². The van der Waals surface area contributed by atoms with Gasteiger partial charge in [-0.05, 0) is 25.8 Å². The van der Waals surface area contributed by atoms with Crippen molar-refractivity contribution >= 4 is 12.9 Å². The van der Waals surface area contributed by atoms with Crippen LogP contribution in [0.5, 0.6) is 0 Å². The van der Waals surface area contributed by atoms with Crippen LogP contribution in [0.2, 0.25) is 0 Å². The molecule has 0 radical (unpaired) electrons. The largest absolute Gasteiger partial charge is 0.323 e. The van der Waals surface area contributed by atoms with Crippen LogP contribution in [-0.4, -0.2) is 19.1 Å². The van der Waals surface area contributed by atoms with Crippen molar-refractivity contribution in [2.45, 2.75) is 19.0 Å². The molecule has 1 unspecified atom stereocenters. The molecule has 1 aromatic carbocycles. The topological polar surface area (TPSA) is 34.1 Å². The number of carbonyl (C=O) groups excluding carboxylic acids is 1. The molecule has 0 heterocycles. The number of carbonyl (C=O) groups is 1. The molecule has 0 saturated heterocycles. The molecule has 0 aliphatic heterocycles. The maximum Gasteiger partial charge on any atom is 0.130 e. The van der Waals surface area contributed by atoms with E-state index in [2.05, 4.69) is 0 Å². The highest BCUT2D eigenvalue weighted by Crippen LogP contribution is 2.54. The van der Waals surface area contributed by atoms with Gasteiger partial charge < -0.3 is 4.57 Å². The monoisotopic (exact) mass is 224 g/mol. The van der Waals surface area contributed by atoms with Crippen molar-refractivity contribution in [3.05, 3.63) is 35.9 Å². The first kappa shape index (κ1) is 12.2. The average molecular weight is 224 g/mol. The van der Waals surface area contributed by atoms with Crippen molar-refractivity contribution in [1.82, 2.24) is 0 Å². The van der Waals surface area contributed by atoms with Crippen LogP contribution in [0, 0.1) is 0 Å². The van der Waals surface area contributed by atoms with Gasteiger partial charge in [0.1, 0.15) is 5.78 Å². The number of hydrogen-bond donors (Lipinski definition) is 0. The van der Waals surface area contributed by atoms with Crippen LogP contribution < -0.4 is 0 Å². The van der Waals surface area contributed by atoms with Crippen LogP contribution in [0.15, 0.2) is 30.3 Å². The Labute approximate surface area is 91.1 Å². The second-order valence-corrected chi connectivity index (χ2v) is 7.76. The number of Topliss-reactive ketones (excluding diaryl/α,β-unsaturated/α-hetero) is 1. The minimum Gasteiger partial charge on any atom is -0.323 e. The molecule has 0 aliphatic carbocycles. The Morgan fingerprint density at radius 3 is 2.20 bits per heavy atom. The Bertz CT molecular complexity index is 378. The third-order valence-corrected chi connectivity index (χ3v) is 4.40. The third kappa shape index (κ3) is 3.64. The minimum absolute atomic E-state index is 0.0905. The Morgan fingerprint density at radius 1 is 1.27 bits per heavy atom. The summed E-state index contributed by atoms with van der Waals surface area (Å²) in [5.41, 5.74) is 0.872. The van der Waals surface area contributed by atoms with Crippen molar-refractivity contribution in [3.63, 3.8) is 0 Å². The highest BCUT2D eigenvalue weighted by Gasteiger charge is 2.25. The van der Waals surface area contributed by atoms with Crippen molar-refractivity contribution in [1.29, 1.82) is 0 Å². The first-order chi connectivity index (χ1) is 6.91. The van der Waals surface area contributed by atoms with Crippen LogP contribution in [-0.2, 0) is 9.36 Å². The van der Waals surface area contributed by atoms with Gasteiger partial charge in [-0.1, -0.05) is 30.3 Å². The predicted octanol–water partition coefficient (Wildman–Crippen LogP) is 3.33. The molecule has 0 N–H and O–H groups in total. The van der Waals surface area contributed by atoms with Crippen molar-refractivity contribution in [2.75, 3.05) is 13.3 Å². The Balaban J connectivity index is 3.02. The summed E-state index contributed by atoms with van der Waals surface area (Å²) >= 11 is 0. The fraction of sp³-hybridized carbons (Fsp3) is 0.417. The zero-order valence-corrected chi connectivity index (χ0v) is 10.3. The zero-order chi connectivity index (χ0) is 11.5. The summed E-state index contributed by atoms with van der Waals surface area (Å²) in [6.45, 7) is 5.03. The summed E-state index contributed by atoms with van der Waals surface area (Å²) in [6, 6.07) is 9.63. The van der Waals surface area contributed by atoms with Crippen LogP contribution in [0.4, 0.5) is 0 Å². The Kier molecular flexibility index (Phi) is 3.87. The third-order valence-electron chi connectivity index (χ3n) is 2.42.